The van der Waals surface area contributed by atoms with E-state index in [0.717, 1.165) is 6.42 Å². The number of carbonyl (C=O) groups is 1. The summed E-state index contributed by atoms with van der Waals surface area (Å²) in [6.07, 6.45) is 1.20. The van der Waals surface area contributed by atoms with Gasteiger partial charge in [-0.3, -0.25) is 4.79 Å². The van der Waals surface area contributed by atoms with Gasteiger partial charge in [0.25, 0.3) is 0 Å². The highest BCUT2D eigenvalue weighted by Gasteiger charge is 2.35. The maximum absolute atomic E-state index is 11.5. The van der Waals surface area contributed by atoms with E-state index in [2.05, 4.69) is 0 Å². The van der Waals surface area contributed by atoms with E-state index in [0.29, 0.717) is 43.2 Å². The number of hydrogen-bond donors (Lipinski definition) is 2. The predicted octanol–water partition coefficient (Wildman–Crippen LogP) is 1.54. The summed E-state index contributed by atoms with van der Waals surface area (Å²) in [7, 11) is 0. The molecule has 3 N–H and O–H groups in total. The van der Waals surface area contributed by atoms with Crippen molar-refractivity contribution in [3.63, 3.8) is 0 Å². The van der Waals surface area contributed by atoms with Gasteiger partial charge in [0.05, 0.1) is 18.6 Å². The Morgan fingerprint density at radius 1 is 1.37 bits per heavy atom. The average Bonchev–Trinajstić information content (AvgIpc) is 2.62. The standard InChI is InChI=1S/C14H19NO4/c1-14(5-6-15,13(16)17)10-3-4-11-12(9-10)19-8-2-7-18-11/h3-4,9H,2,5-8,15H2,1H3,(H,16,17). The van der Waals surface area contributed by atoms with E-state index in [4.69, 9.17) is 15.2 Å². The van der Waals surface area contributed by atoms with Gasteiger partial charge in [-0.15, -0.1) is 0 Å². The number of rotatable bonds is 4. The molecule has 0 bridgehead atoms. The van der Waals surface area contributed by atoms with Crippen LogP contribution in [-0.4, -0.2) is 30.8 Å². The number of fused-ring (bicyclic) bond motifs is 1. The third kappa shape index (κ3) is 2.66. The lowest BCUT2D eigenvalue weighted by atomic mass is 9.79. The molecule has 0 saturated carbocycles. The molecule has 1 aromatic rings. The highest BCUT2D eigenvalue weighted by Crippen LogP contribution is 2.36. The zero-order valence-corrected chi connectivity index (χ0v) is 11.0. The van der Waals surface area contributed by atoms with Crippen LogP contribution in [0.15, 0.2) is 18.2 Å². The van der Waals surface area contributed by atoms with Crippen molar-refractivity contribution in [3.05, 3.63) is 23.8 Å². The SMILES string of the molecule is CC(CCN)(C(=O)O)c1ccc2c(c1)OCCCO2. The van der Waals surface area contributed by atoms with Gasteiger partial charge < -0.3 is 20.3 Å². The van der Waals surface area contributed by atoms with E-state index in [-0.39, 0.29) is 0 Å². The summed E-state index contributed by atoms with van der Waals surface area (Å²) in [5.41, 5.74) is 5.22. The van der Waals surface area contributed by atoms with Gasteiger partial charge in [-0.1, -0.05) is 6.07 Å². The number of nitrogens with two attached hydrogens (primary N) is 1. The molecule has 19 heavy (non-hydrogen) atoms. The molecule has 0 aliphatic carbocycles. The van der Waals surface area contributed by atoms with Crippen LogP contribution in [0, 0.1) is 0 Å². The maximum atomic E-state index is 11.5. The molecule has 0 fully saturated rings. The second-order valence-corrected chi connectivity index (χ2v) is 4.89. The summed E-state index contributed by atoms with van der Waals surface area (Å²) < 4.78 is 11.1. The fraction of sp³-hybridized carbons (Fsp3) is 0.500. The van der Waals surface area contributed by atoms with Crippen LogP contribution in [0.3, 0.4) is 0 Å². The van der Waals surface area contributed by atoms with Gasteiger partial charge in [0, 0.05) is 6.42 Å². The Kier molecular flexibility index (Phi) is 3.95. The van der Waals surface area contributed by atoms with E-state index in [1.165, 1.54) is 0 Å². The number of carboxylic acid groups (broad SMARTS) is 1. The molecule has 1 aliphatic rings. The van der Waals surface area contributed by atoms with Gasteiger partial charge in [0.1, 0.15) is 0 Å². The zero-order chi connectivity index (χ0) is 13.9. The largest absolute Gasteiger partial charge is 0.490 e. The van der Waals surface area contributed by atoms with Gasteiger partial charge in [0.2, 0.25) is 0 Å². The number of carboxylic acids is 1. The van der Waals surface area contributed by atoms with Crippen LogP contribution < -0.4 is 15.2 Å². The van der Waals surface area contributed by atoms with Gasteiger partial charge in [-0.25, -0.2) is 0 Å². The van der Waals surface area contributed by atoms with Gasteiger partial charge in [0.15, 0.2) is 11.5 Å². The Bertz CT molecular complexity index is 475. The van der Waals surface area contributed by atoms with E-state index >= 15 is 0 Å². The molecule has 0 aromatic heterocycles. The van der Waals surface area contributed by atoms with Crippen LogP contribution in [0.25, 0.3) is 0 Å². The molecule has 2 rings (SSSR count). The second kappa shape index (κ2) is 5.48. The van der Waals surface area contributed by atoms with Gasteiger partial charge >= 0.3 is 5.97 Å². The highest BCUT2D eigenvalue weighted by molar-refractivity contribution is 5.81. The first-order chi connectivity index (χ1) is 9.08. The molecule has 0 saturated heterocycles. The summed E-state index contributed by atoms with van der Waals surface area (Å²) in [6, 6.07) is 5.30. The molecular formula is C14H19NO4. The molecule has 1 aliphatic heterocycles. The molecule has 0 radical (unpaired) electrons. The lowest BCUT2D eigenvalue weighted by Gasteiger charge is -2.25. The summed E-state index contributed by atoms with van der Waals surface area (Å²) >= 11 is 0. The lowest BCUT2D eigenvalue weighted by Crippen LogP contribution is -2.34. The van der Waals surface area contributed by atoms with E-state index in [1.807, 2.05) is 0 Å². The quantitative estimate of drug-likeness (QED) is 0.863. The first-order valence-corrected chi connectivity index (χ1v) is 6.41. The smallest absolute Gasteiger partial charge is 0.313 e. The predicted molar refractivity (Wildman–Crippen MR) is 70.7 cm³/mol. The van der Waals surface area contributed by atoms with Crippen LogP contribution in [0.4, 0.5) is 0 Å². The Hall–Kier alpha value is -1.75. The minimum Gasteiger partial charge on any atom is -0.490 e. The van der Waals surface area contributed by atoms with Crippen LogP contribution >= 0.6 is 0 Å². The molecule has 1 aromatic carbocycles. The molecule has 1 unspecified atom stereocenters. The third-order valence-corrected chi connectivity index (χ3v) is 3.50. The maximum Gasteiger partial charge on any atom is 0.313 e. The molecule has 0 amide bonds. The van der Waals surface area contributed by atoms with Crippen LogP contribution in [0.2, 0.25) is 0 Å². The van der Waals surface area contributed by atoms with Gasteiger partial charge in [-0.05, 0) is 37.6 Å². The van der Waals surface area contributed by atoms with Crippen LogP contribution in [-0.2, 0) is 10.2 Å². The van der Waals surface area contributed by atoms with Crippen molar-refractivity contribution in [2.24, 2.45) is 5.73 Å². The Labute approximate surface area is 112 Å². The summed E-state index contributed by atoms with van der Waals surface area (Å²) in [6.45, 7) is 3.20. The molecular weight excluding hydrogens is 246 g/mol. The Balaban J connectivity index is 2.39. The topological polar surface area (TPSA) is 81.8 Å². The van der Waals surface area contributed by atoms with Crippen LogP contribution in [0.1, 0.15) is 25.3 Å². The molecule has 104 valence electrons. The lowest BCUT2D eigenvalue weighted by molar-refractivity contribution is -0.143. The number of aliphatic carboxylic acids is 1. The summed E-state index contributed by atoms with van der Waals surface area (Å²) in [4.78, 5) is 11.5. The molecule has 5 heteroatoms. The van der Waals surface area contributed by atoms with E-state index in [9.17, 15) is 9.90 Å². The van der Waals surface area contributed by atoms with Crippen molar-refractivity contribution in [2.45, 2.75) is 25.2 Å². The summed E-state index contributed by atoms with van der Waals surface area (Å²) in [5.74, 6) is 0.397. The first kappa shape index (κ1) is 13.7. The Morgan fingerprint density at radius 2 is 2.05 bits per heavy atom. The second-order valence-electron chi connectivity index (χ2n) is 4.89. The average molecular weight is 265 g/mol. The van der Waals surface area contributed by atoms with Crippen molar-refractivity contribution < 1.29 is 19.4 Å². The fourth-order valence-corrected chi connectivity index (χ4v) is 2.17. The monoisotopic (exact) mass is 265 g/mol. The number of benzene rings is 1. The minimum absolute atomic E-state index is 0.317. The van der Waals surface area contributed by atoms with E-state index < -0.39 is 11.4 Å². The fourth-order valence-electron chi connectivity index (χ4n) is 2.17. The summed E-state index contributed by atoms with van der Waals surface area (Å²) in [5, 5.41) is 9.45. The highest BCUT2D eigenvalue weighted by atomic mass is 16.5. The van der Waals surface area contributed by atoms with Crippen molar-refractivity contribution in [1.29, 1.82) is 0 Å². The Morgan fingerprint density at radius 3 is 2.68 bits per heavy atom. The molecule has 5 nitrogen and oxygen atoms in total. The van der Waals surface area contributed by atoms with Crippen molar-refractivity contribution in [2.75, 3.05) is 19.8 Å². The van der Waals surface area contributed by atoms with Crippen LogP contribution in [0.5, 0.6) is 11.5 Å². The van der Waals surface area contributed by atoms with Crippen molar-refractivity contribution >= 4 is 5.97 Å². The molecule has 1 heterocycles. The first-order valence-electron chi connectivity index (χ1n) is 6.41. The minimum atomic E-state index is -1.00. The number of hydrogen-bond acceptors (Lipinski definition) is 4. The third-order valence-electron chi connectivity index (χ3n) is 3.50. The number of ether oxygens (including phenoxy) is 2. The van der Waals surface area contributed by atoms with Gasteiger partial charge in [-0.2, -0.15) is 0 Å². The molecule has 0 spiro atoms. The van der Waals surface area contributed by atoms with Crippen molar-refractivity contribution in [1.82, 2.24) is 0 Å². The van der Waals surface area contributed by atoms with Crippen molar-refractivity contribution in [3.8, 4) is 11.5 Å². The zero-order valence-electron chi connectivity index (χ0n) is 11.0. The normalized spacial score (nSPS) is 17.4. The van der Waals surface area contributed by atoms with E-state index in [1.54, 1.807) is 25.1 Å². The molecule has 1 atom stereocenters.